The second-order valence-electron chi connectivity index (χ2n) is 4.28. The minimum absolute atomic E-state index is 0.0487. The maximum Gasteiger partial charge on any atom is 0.254 e. The number of hydrogen-bond donors (Lipinski definition) is 2. The second-order valence-corrected chi connectivity index (χ2v) is 4.28. The van der Waals surface area contributed by atoms with Gasteiger partial charge in [0.1, 0.15) is 5.60 Å². The lowest BCUT2D eigenvalue weighted by Gasteiger charge is -2.37. The predicted octanol–water partition coefficient (Wildman–Crippen LogP) is -0.277. The Morgan fingerprint density at radius 3 is 2.64 bits per heavy atom. The van der Waals surface area contributed by atoms with Crippen molar-refractivity contribution >= 4 is 5.91 Å². The summed E-state index contributed by atoms with van der Waals surface area (Å²) in [5, 5.41) is 13.4. The first-order chi connectivity index (χ1) is 6.72. The van der Waals surface area contributed by atoms with Gasteiger partial charge < -0.3 is 15.3 Å². The van der Waals surface area contributed by atoms with E-state index in [4.69, 9.17) is 0 Å². The molecular weight excluding hydrogens is 180 g/mol. The molecular formula is C10H18N2O2. The quantitative estimate of drug-likeness (QED) is 0.609. The summed E-state index contributed by atoms with van der Waals surface area (Å²) < 4.78 is 0. The minimum atomic E-state index is -1.08. The Balaban J connectivity index is 2.00. The molecule has 80 valence electrons. The number of rotatable bonds is 1. The first-order valence-electron chi connectivity index (χ1n) is 5.45. The van der Waals surface area contributed by atoms with Gasteiger partial charge in [0.15, 0.2) is 0 Å². The fourth-order valence-corrected chi connectivity index (χ4v) is 2.08. The van der Waals surface area contributed by atoms with Crippen molar-refractivity contribution in [1.29, 1.82) is 0 Å². The number of aliphatic hydroxyl groups is 1. The zero-order valence-electron chi connectivity index (χ0n) is 8.46. The molecule has 1 unspecified atom stereocenters. The van der Waals surface area contributed by atoms with Gasteiger partial charge in [0.25, 0.3) is 5.91 Å². The lowest BCUT2D eigenvalue weighted by atomic mass is 9.92. The number of carbonyl (C=O) groups is 1. The van der Waals surface area contributed by atoms with Gasteiger partial charge in [-0.05, 0) is 38.8 Å². The summed E-state index contributed by atoms with van der Waals surface area (Å²) in [6.07, 6.45) is 3.13. The highest BCUT2D eigenvalue weighted by Gasteiger charge is 2.40. The van der Waals surface area contributed by atoms with E-state index in [1.807, 2.05) is 0 Å². The van der Waals surface area contributed by atoms with Crippen molar-refractivity contribution in [2.75, 3.05) is 26.2 Å². The Morgan fingerprint density at radius 2 is 2.00 bits per heavy atom. The molecule has 0 aromatic heterocycles. The Hall–Kier alpha value is -0.610. The predicted molar refractivity (Wildman–Crippen MR) is 52.9 cm³/mol. The number of amides is 1. The molecule has 2 aliphatic rings. The van der Waals surface area contributed by atoms with Gasteiger partial charge in [0.2, 0.25) is 0 Å². The van der Waals surface area contributed by atoms with Crippen LogP contribution >= 0.6 is 0 Å². The summed E-state index contributed by atoms with van der Waals surface area (Å²) in [5.74, 6) is -0.0487. The largest absolute Gasteiger partial charge is 0.380 e. The molecule has 0 spiro atoms. The maximum absolute atomic E-state index is 11.9. The van der Waals surface area contributed by atoms with Crippen LogP contribution < -0.4 is 5.32 Å². The molecule has 2 aliphatic heterocycles. The van der Waals surface area contributed by atoms with Gasteiger partial charge in [-0.25, -0.2) is 0 Å². The molecule has 4 nitrogen and oxygen atoms in total. The van der Waals surface area contributed by atoms with Gasteiger partial charge in [-0.15, -0.1) is 0 Å². The third-order valence-corrected chi connectivity index (χ3v) is 3.20. The Kier molecular flexibility index (Phi) is 2.74. The van der Waals surface area contributed by atoms with E-state index in [0.29, 0.717) is 12.8 Å². The summed E-state index contributed by atoms with van der Waals surface area (Å²) in [6.45, 7) is 3.31. The molecule has 14 heavy (non-hydrogen) atoms. The van der Waals surface area contributed by atoms with Crippen molar-refractivity contribution in [1.82, 2.24) is 10.2 Å². The topological polar surface area (TPSA) is 52.6 Å². The zero-order valence-corrected chi connectivity index (χ0v) is 8.46. The summed E-state index contributed by atoms with van der Waals surface area (Å²) in [6, 6.07) is 0. The Morgan fingerprint density at radius 1 is 1.21 bits per heavy atom. The van der Waals surface area contributed by atoms with Gasteiger partial charge in [-0.2, -0.15) is 0 Å². The molecule has 2 heterocycles. The maximum atomic E-state index is 11.9. The summed E-state index contributed by atoms with van der Waals surface area (Å²) in [7, 11) is 0. The van der Waals surface area contributed by atoms with Crippen LogP contribution in [0.15, 0.2) is 0 Å². The molecule has 2 N–H and O–H groups in total. The molecule has 2 fully saturated rings. The van der Waals surface area contributed by atoms with Crippen molar-refractivity contribution in [3.63, 3.8) is 0 Å². The smallest absolute Gasteiger partial charge is 0.254 e. The molecule has 4 heteroatoms. The first kappa shape index (κ1) is 9.93. The van der Waals surface area contributed by atoms with Crippen molar-refractivity contribution in [3.05, 3.63) is 0 Å². The van der Waals surface area contributed by atoms with E-state index in [1.54, 1.807) is 4.90 Å². The molecule has 1 amide bonds. The van der Waals surface area contributed by atoms with Crippen molar-refractivity contribution in [2.24, 2.45) is 0 Å². The van der Waals surface area contributed by atoms with E-state index in [-0.39, 0.29) is 5.91 Å². The van der Waals surface area contributed by atoms with E-state index in [0.717, 1.165) is 39.0 Å². The number of nitrogens with zero attached hydrogens (tertiary/aromatic N) is 1. The number of hydrogen-bond acceptors (Lipinski definition) is 3. The van der Waals surface area contributed by atoms with E-state index in [2.05, 4.69) is 5.32 Å². The SMILES string of the molecule is O=C(N1CCC1)C1(O)CCCNCC1. The summed E-state index contributed by atoms with van der Waals surface area (Å²) >= 11 is 0. The van der Waals surface area contributed by atoms with E-state index in [1.165, 1.54) is 0 Å². The first-order valence-corrected chi connectivity index (χ1v) is 5.45. The summed E-state index contributed by atoms with van der Waals surface area (Å²) in [4.78, 5) is 13.7. The van der Waals surface area contributed by atoms with Gasteiger partial charge in [-0.3, -0.25) is 4.79 Å². The van der Waals surface area contributed by atoms with E-state index in [9.17, 15) is 9.90 Å². The molecule has 0 saturated carbocycles. The minimum Gasteiger partial charge on any atom is -0.380 e. The number of carbonyl (C=O) groups excluding carboxylic acids is 1. The van der Waals surface area contributed by atoms with E-state index >= 15 is 0 Å². The number of likely N-dealkylation sites (tertiary alicyclic amines) is 1. The van der Waals surface area contributed by atoms with Crippen LogP contribution in [-0.2, 0) is 4.79 Å². The van der Waals surface area contributed by atoms with Gasteiger partial charge in [0.05, 0.1) is 0 Å². The van der Waals surface area contributed by atoms with Crippen LogP contribution in [0.25, 0.3) is 0 Å². The average Bonchev–Trinajstić information content (AvgIpc) is 2.28. The van der Waals surface area contributed by atoms with Crippen LogP contribution in [0.5, 0.6) is 0 Å². The lowest BCUT2D eigenvalue weighted by Crippen LogP contribution is -2.54. The average molecular weight is 198 g/mol. The standard InChI is InChI=1S/C10H18N2O2/c13-9(12-7-2-8-12)10(14)3-1-5-11-6-4-10/h11,14H,1-8H2. The third-order valence-electron chi connectivity index (χ3n) is 3.20. The Labute approximate surface area is 84.3 Å². The Bertz CT molecular complexity index is 218. The molecule has 0 aromatic carbocycles. The van der Waals surface area contributed by atoms with Gasteiger partial charge in [-0.1, -0.05) is 0 Å². The number of nitrogens with one attached hydrogen (secondary N) is 1. The van der Waals surface area contributed by atoms with Crippen molar-refractivity contribution in [2.45, 2.75) is 31.3 Å². The lowest BCUT2D eigenvalue weighted by molar-refractivity contribution is -0.156. The van der Waals surface area contributed by atoms with E-state index < -0.39 is 5.60 Å². The molecule has 0 aromatic rings. The fraction of sp³-hybridized carbons (Fsp3) is 0.900. The molecule has 0 bridgehead atoms. The van der Waals surface area contributed by atoms with Crippen LogP contribution in [0.2, 0.25) is 0 Å². The van der Waals surface area contributed by atoms with Gasteiger partial charge >= 0.3 is 0 Å². The molecule has 0 aliphatic carbocycles. The fourth-order valence-electron chi connectivity index (χ4n) is 2.08. The third kappa shape index (κ3) is 1.77. The highest BCUT2D eigenvalue weighted by atomic mass is 16.3. The highest BCUT2D eigenvalue weighted by molar-refractivity contribution is 5.85. The van der Waals surface area contributed by atoms with Crippen LogP contribution in [0.3, 0.4) is 0 Å². The monoisotopic (exact) mass is 198 g/mol. The molecule has 0 radical (unpaired) electrons. The van der Waals surface area contributed by atoms with Crippen LogP contribution in [0.4, 0.5) is 0 Å². The van der Waals surface area contributed by atoms with Crippen molar-refractivity contribution < 1.29 is 9.90 Å². The normalized spacial score (nSPS) is 33.4. The zero-order chi connectivity index (χ0) is 10.0. The molecule has 1 atom stereocenters. The van der Waals surface area contributed by atoms with Crippen LogP contribution in [0, 0.1) is 0 Å². The van der Waals surface area contributed by atoms with Crippen LogP contribution in [0.1, 0.15) is 25.7 Å². The highest BCUT2D eigenvalue weighted by Crippen LogP contribution is 2.24. The summed E-state index contributed by atoms with van der Waals surface area (Å²) in [5.41, 5.74) is -1.08. The van der Waals surface area contributed by atoms with Crippen molar-refractivity contribution in [3.8, 4) is 0 Å². The molecule has 2 saturated heterocycles. The van der Waals surface area contributed by atoms with Gasteiger partial charge in [0, 0.05) is 13.1 Å². The second kappa shape index (κ2) is 3.87. The molecule has 2 rings (SSSR count). The van der Waals surface area contributed by atoms with Crippen LogP contribution in [-0.4, -0.2) is 47.7 Å².